The van der Waals surface area contributed by atoms with Gasteiger partial charge >= 0.3 is 0 Å². The van der Waals surface area contributed by atoms with Crippen LogP contribution in [0.25, 0.3) is 93.0 Å². The molecule has 7 aromatic carbocycles. The molecule has 10 rings (SSSR count). The standard InChI is InChI=1S/C45H28N4S/c1-4-12-29(13-5-1)43-46-44(30-14-6-2-7-15-30)48-45(47-43)33-20-23-35-37-26-31(21-24-39(37)49(40(35)28-33)34-16-8-3-9-17-34)32-22-25-42-38(27-32)36-18-10-11-19-41(36)50-42/h1-28H. The fourth-order valence-electron chi connectivity index (χ4n) is 7.04. The number of fused-ring (bicyclic) bond motifs is 6. The molecule has 0 amide bonds. The Kier molecular flexibility index (Phi) is 6.64. The maximum absolute atomic E-state index is 5.03. The van der Waals surface area contributed by atoms with E-state index in [1.54, 1.807) is 0 Å². The van der Waals surface area contributed by atoms with Gasteiger partial charge in [0.1, 0.15) is 0 Å². The van der Waals surface area contributed by atoms with Gasteiger partial charge in [-0.3, -0.25) is 0 Å². The lowest BCUT2D eigenvalue weighted by molar-refractivity contribution is 1.07. The molecule has 234 valence electrons. The van der Waals surface area contributed by atoms with E-state index in [-0.39, 0.29) is 0 Å². The van der Waals surface area contributed by atoms with Crippen LogP contribution < -0.4 is 0 Å². The number of hydrogen-bond acceptors (Lipinski definition) is 4. The third-order valence-electron chi connectivity index (χ3n) is 9.45. The summed E-state index contributed by atoms with van der Waals surface area (Å²) in [6.45, 7) is 0. The summed E-state index contributed by atoms with van der Waals surface area (Å²) < 4.78 is 4.99. The van der Waals surface area contributed by atoms with Gasteiger partial charge < -0.3 is 4.57 Å². The zero-order chi connectivity index (χ0) is 33.0. The average Bonchev–Trinajstić information content (AvgIpc) is 3.73. The fourth-order valence-corrected chi connectivity index (χ4v) is 8.12. The number of para-hydroxylation sites is 1. The number of benzene rings is 7. The first kappa shape index (κ1) is 28.6. The first-order chi connectivity index (χ1) is 24.8. The molecule has 3 aromatic heterocycles. The molecule has 50 heavy (non-hydrogen) atoms. The molecule has 5 heteroatoms. The average molecular weight is 657 g/mol. The molecule has 0 atom stereocenters. The zero-order valence-corrected chi connectivity index (χ0v) is 27.7. The Bertz CT molecular complexity index is 2800. The van der Waals surface area contributed by atoms with Crippen molar-refractivity contribution in [2.45, 2.75) is 0 Å². The SMILES string of the molecule is c1ccc(-c2nc(-c3ccccc3)nc(-c3ccc4c5cc(-c6ccc7sc8ccccc8c7c6)ccc5n(-c5ccccc5)c4c3)n2)cc1. The van der Waals surface area contributed by atoms with Gasteiger partial charge in [-0.2, -0.15) is 0 Å². The lowest BCUT2D eigenvalue weighted by Gasteiger charge is -2.10. The van der Waals surface area contributed by atoms with E-state index in [0.29, 0.717) is 17.5 Å². The molecule has 4 nitrogen and oxygen atoms in total. The topological polar surface area (TPSA) is 43.6 Å². The number of thiophene rings is 1. The molecule has 0 saturated carbocycles. The third-order valence-corrected chi connectivity index (χ3v) is 10.6. The smallest absolute Gasteiger partial charge is 0.164 e. The third kappa shape index (κ3) is 4.79. The molecule has 0 bridgehead atoms. The molecule has 0 fully saturated rings. The fraction of sp³-hybridized carbons (Fsp3) is 0. The Labute approximate surface area is 292 Å². The van der Waals surface area contributed by atoms with Crippen molar-refractivity contribution in [2.75, 3.05) is 0 Å². The summed E-state index contributed by atoms with van der Waals surface area (Å²) >= 11 is 1.85. The Morgan fingerprint density at radius 3 is 1.58 bits per heavy atom. The number of hydrogen-bond donors (Lipinski definition) is 0. The predicted molar refractivity (Wildman–Crippen MR) is 209 cm³/mol. The van der Waals surface area contributed by atoms with Crippen LogP contribution in [0, 0.1) is 0 Å². The minimum Gasteiger partial charge on any atom is -0.309 e. The second-order valence-corrected chi connectivity index (χ2v) is 13.6. The van der Waals surface area contributed by atoms with Gasteiger partial charge in [-0.05, 0) is 59.7 Å². The van der Waals surface area contributed by atoms with Crippen molar-refractivity contribution in [3.63, 3.8) is 0 Å². The molecule has 0 spiro atoms. The second kappa shape index (κ2) is 11.6. The largest absolute Gasteiger partial charge is 0.309 e. The number of aromatic nitrogens is 4. The van der Waals surface area contributed by atoms with E-state index in [2.05, 4.69) is 114 Å². The zero-order valence-electron chi connectivity index (χ0n) is 26.9. The van der Waals surface area contributed by atoms with Crippen LogP contribution in [0.3, 0.4) is 0 Å². The maximum Gasteiger partial charge on any atom is 0.164 e. The van der Waals surface area contributed by atoms with Crippen molar-refractivity contribution in [3.8, 4) is 51.0 Å². The summed E-state index contributed by atoms with van der Waals surface area (Å²) in [5.41, 5.74) is 8.61. The van der Waals surface area contributed by atoms with Crippen molar-refractivity contribution >= 4 is 53.3 Å². The summed E-state index contributed by atoms with van der Waals surface area (Å²) in [5.74, 6) is 1.94. The normalized spacial score (nSPS) is 11.6. The van der Waals surface area contributed by atoms with Crippen LogP contribution in [-0.4, -0.2) is 19.5 Å². The van der Waals surface area contributed by atoms with E-state index in [1.165, 1.54) is 42.1 Å². The van der Waals surface area contributed by atoms with Crippen LogP contribution >= 0.6 is 11.3 Å². The molecule has 0 aliphatic carbocycles. The Morgan fingerprint density at radius 1 is 0.340 bits per heavy atom. The monoisotopic (exact) mass is 656 g/mol. The van der Waals surface area contributed by atoms with Crippen molar-refractivity contribution in [1.29, 1.82) is 0 Å². The quantitative estimate of drug-likeness (QED) is 0.185. The van der Waals surface area contributed by atoms with Crippen molar-refractivity contribution < 1.29 is 0 Å². The Balaban J connectivity index is 1.18. The van der Waals surface area contributed by atoms with E-state index in [4.69, 9.17) is 15.0 Å². The van der Waals surface area contributed by atoms with Gasteiger partial charge in [0, 0.05) is 53.3 Å². The highest BCUT2D eigenvalue weighted by Crippen LogP contribution is 2.39. The minimum atomic E-state index is 0.640. The van der Waals surface area contributed by atoms with E-state index in [1.807, 2.05) is 72.0 Å². The summed E-state index contributed by atoms with van der Waals surface area (Å²) in [5, 5.41) is 5.00. The van der Waals surface area contributed by atoms with E-state index >= 15 is 0 Å². The van der Waals surface area contributed by atoms with Crippen LogP contribution in [0.5, 0.6) is 0 Å². The molecular weight excluding hydrogens is 629 g/mol. The number of nitrogens with zero attached hydrogens (tertiary/aromatic N) is 4. The molecule has 0 aliphatic rings. The predicted octanol–water partition coefficient (Wildman–Crippen LogP) is 12.0. The first-order valence-corrected chi connectivity index (χ1v) is 17.5. The van der Waals surface area contributed by atoms with Gasteiger partial charge in [0.25, 0.3) is 0 Å². The Morgan fingerprint density at radius 2 is 0.880 bits per heavy atom. The second-order valence-electron chi connectivity index (χ2n) is 12.5. The molecule has 0 unspecified atom stereocenters. The van der Waals surface area contributed by atoms with E-state index in [0.717, 1.165) is 33.4 Å². The molecular formula is C45H28N4S. The molecule has 0 saturated heterocycles. The van der Waals surface area contributed by atoms with Crippen molar-refractivity contribution in [2.24, 2.45) is 0 Å². The Hall–Kier alpha value is -6.43. The van der Waals surface area contributed by atoms with Crippen molar-refractivity contribution in [3.05, 3.63) is 170 Å². The van der Waals surface area contributed by atoms with Gasteiger partial charge in [-0.1, -0.05) is 121 Å². The van der Waals surface area contributed by atoms with Crippen LogP contribution in [0.2, 0.25) is 0 Å². The van der Waals surface area contributed by atoms with Crippen LogP contribution in [-0.2, 0) is 0 Å². The molecule has 0 aliphatic heterocycles. The minimum absolute atomic E-state index is 0.640. The molecule has 0 radical (unpaired) electrons. The van der Waals surface area contributed by atoms with Gasteiger partial charge in [-0.15, -0.1) is 11.3 Å². The summed E-state index contributed by atoms with van der Waals surface area (Å²) in [6.07, 6.45) is 0. The lowest BCUT2D eigenvalue weighted by Crippen LogP contribution is -2.00. The number of rotatable bonds is 5. The van der Waals surface area contributed by atoms with E-state index < -0.39 is 0 Å². The van der Waals surface area contributed by atoms with Crippen molar-refractivity contribution in [1.82, 2.24) is 19.5 Å². The van der Waals surface area contributed by atoms with Crippen LogP contribution in [0.4, 0.5) is 0 Å². The van der Waals surface area contributed by atoms with E-state index in [9.17, 15) is 0 Å². The summed E-state index contributed by atoms with van der Waals surface area (Å²) in [4.78, 5) is 15.0. The first-order valence-electron chi connectivity index (χ1n) is 16.7. The highest BCUT2D eigenvalue weighted by Gasteiger charge is 2.18. The maximum atomic E-state index is 5.03. The molecule has 3 heterocycles. The van der Waals surface area contributed by atoms with Gasteiger partial charge in [0.05, 0.1) is 11.0 Å². The van der Waals surface area contributed by atoms with Gasteiger partial charge in [0.2, 0.25) is 0 Å². The van der Waals surface area contributed by atoms with Crippen LogP contribution in [0.1, 0.15) is 0 Å². The molecule has 0 N–H and O–H groups in total. The summed E-state index contributed by atoms with van der Waals surface area (Å²) in [6, 6.07) is 59.8. The molecule has 10 aromatic rings. The lowest BCUT2D eigenvalue weighted by atomic mass is 10.0. The summed E-state index contributed by atoms with van der Waals surface area (Å²) in [7, 11) is 0. The van der Waals surface area contributed by atoms with Gasteiger partial charge in [0.15, 0.2) is 17.5 Å². The van der Waals surface area contributed by atoms with Crippen LogP contribution in [0.15, 0.2) is 170 Å². The highest BCUT2D eigenvalue weighted by molar-refractivity contribution is 7.25. The highest BCUT2D eigenvalue weighted by atomic mass is 32.1. The van der Waals surface area contributed by atoms with Gasteiger partial charge in [-0.25, -0.2) is 15.0 Å².